The van der Waals surface area contributed by atoms with Gasteiger partial charge >= 0.3 is 0 Å². The van der Waals surface area contributed by atoms with Crippen LogP contribution in [0.25, 0.3) is 0 Å². The molecule has 1 fully saturated rings. The Morgan fingerprint density at radius 2 is 2.53 bits per heavy atom. The van der Waals surface area contributed by atoms with Crippen LogP contribution < -0.4 is 11.1 Å². The van der Waals surface area contributed by atoms with Crippen molar-refractivity contribution >= 4 is 11.9 Å². The molecule has 1 aliphatic heterocycles. The van der Waals surface area contributed by atoms with Gasteiger partial charge in [-0.3, -0.25) is 0 Å². The summed E-state index contributed by atoms with van der Waals surface area (Å²) in [5.41, 5.74) is 5.65. The predicted octanol–water partition coefficient (Wildman–Crippen LogP) is 0.471. The lowest BCUT2D eigenvalue weighted by molar-refractivity contribution is 0.120. The van der Waals surface area contributed by atoms with Crippen LogP contribution in [-0.2, 0) is 11.3 Å². The summed E-state index contributed by atoms with van der Waals surface area (Å²) in [6, 6.07) is 0. The van der Waals surface area contributed by atoms with E-state index in [4.69, 9.17) is 10.5 Å². The van der Waals surface area contributed by atoms with Crippen molar-refractivity contribution in [3.8, 4) is 0 Å². The Bertz CT molecular complexity index is 318. The maximum absolute atomic E-state index is 5.65. The second-order valence-corrected chi connectivity index (χ2v) is 3.63. The van der Waals surface area contributed by atoms with Crippen molar-refractivity contribution in [3.63, 3.8) is 0 Å². The summed E-state index contributed by atoms with van der Waals surface area (Å²) in [7, 11) is 0. The lowest BCUT2D eigenvalue weighted by Crippen LogP contribution is -2.19. The van der Waals surface area contributed by atoms with Crippen LogP contribution in [0.15, 0.2) is 0 Å². The maximum atomic E-state index is 5.65. The molecule has 1 atom stereocenters. The second kappa shape index (κ2) is 4.48. The lowest BCUT2D eigenvalue weighted by Gasteiger charge is -2.08. The van der Waals surface area contributed by atoms with Gasteiger partial charge in [0, 0.05) is 19.7 Å². The molecular formula is C9H17N5O. The first-order valence-corrected chi connectivity index (χ1v) is 5.35. The summed E-state index contributed by atoms with van der Waals surface area (Å²) in [4.78, 5) is 4.11. The number of aryl methyl sites for hydroxylation is 1. The molecular weight excluding hydrogens is 194 g/mol. The van der Waals surface area contributed by atoms with Crippen LogP contribution in [-0.4, -0.2) is 34.0 Å². The number of hydrogen-bond acceptors (Lipinski definition) is 5. The molecule has 0 bridgehead atoms. The zero-order chi connectivity index (χ0) is 10.7. The van der Waals surface area contributed by atoms with Gasteiger partial charge in [0.2, 0.25) is 11.9 Å². The molecule has 0 aliphatic carbocycles. The highest BCUT2D eigenvalue weighted by atomic mass is 16.5. The first kappa shape index (κ1) is 10.2. The maximum Gasteiger partial charge on any atom is 0.244 e. The fourth-order valence-electron chi connectivity index (χ4n) is 1.67. The summed E-state index contributed by atoms with van der Waals surface area (Å²) in [6.45, 7) is 4.34. The number of hydrogen-bond donors (Lipinski definition) is 2. The first-order chi connectivity index (χ1) is 7.29. The summed E-state index contributed by atoms with van der Waals surface area (Å²) < 4.78 is 7.15. The molecule has 0 radical (unpaired) electrons. The molecule has 0 aromatic carbocycles. The minimum absolute atomic E-state index is 0.291. The molecule has 84 valence electrons. The van der Waals surface area contributed by atoms with Crippen LogP contribution in [0.4, 0.5) is 11.9 Å². The average molecular weight is 211 g/mol. The molecule has 0 saturated carbocycles. The van der Waals surface area contributed by atoms with Gasteiger partial charge in [0.1, 0.15) is 0 Å². The Labute approximate surface area is 88.8 Å². The molecule has 1 unspecified atom stereocenters. The smallest absolute Gasteiger partial charge is 0.244 e. The van der Waals surface area contributed by atoms with Crippen molar-refractivity contribution in [2.45, 2.75) is 32.4 Å². The minimum Gasteiger partial charge on any atom is -0.376 e. The van der Waals surface area contributed by atoms with Gasteiger partial charge in [0.25, 0.3) is 0 Å². The Morgan fingerprint density at radius 3 is 3.13 bits per heavy atom. The second-order valence-electron chi connectivity index (χ2n) is 3.63. The van der Waals surface area contributed by atoms with E-state index < -0.39 is 0 Å². The number of nitrogen functional groups attached to an aromatic ring is 1. The summed E-state index contributed by atoms with van der Waals surface area (Å²) in [5.74, 6) is 1.04. The van der Waals surface area contributed by atoms with Crippen molar-refractivity contribution in [1.82, 2.24) is 14.8 Å². The van der Waals surface area contributed by atoms with E-state index in [0.29, 0.717) is 18.0 Å². The topological polar surface area (TPSA) is 78.0 Å². The van der Waals surface area contributed by atoms with Gasteiger partial charge < -0.3 is 15.8 Å². The van der Waals surface area contributed by atoms with E-state index in [0.717, 1.165) is 32.5 Å². The van der Waals surface area contributed by atoms with E-state index in [2.05, 4.69) is 15.4 Å². The average Bonchev–Trinajstić information content (AvgIpc) is 2.83. The fourth-order valence-corrected chi connectivity index (χ4v) is 1.67. The molecule has 2 heterocycles. The number of nitrogens with zero attached hydrogens (tertiary/aromatic N) is 3. The van der Waals surface area contributed by atoms with Crippen LogP contribution in [0, 0.1) is 0 Å². The number of aromatic nitrogens is 3. The quantitative estimate of drug-likeness (QED) is 0.757. The molecule has 3 N–H and O–H groups in total. The fraction of sp³-hybridized carbons (Fsp3) is 0.778. The molecule has 15 heavy (non-hydrogen) atoms. The number of ether oxygens (including phenoxy) is 1. The van der Waals surface area contributed by atoms with Gasteiger partial charge in [-0.1, -0.05) is 0 Å². The number of anilines is 2. The van der Waals surface area contributed by atoms with Crippen molar-refractivity contribution in [2.24, 2.45) is 0 Å². The Morgan fingerprint density at radius 1 is 1.67 bits per heavy atom. The lowest BCUT2D eigenvalue weighted by atomic mass is 10.2. The van der Waals surface area contributed by atoms with Crippen LogP contribution in [0.1, 0.15) is 19.8 Å². The van der Waals surface area contributed by atoms with E-state index in [-0.39, 0.29) is 0 Å². The SMILES string of the molecule is CCn1nc(NCC2CCCO2)nc1N. The van der Waals surface area contributed by atoms with Crippen LogP contribution in [0.2, 0.25) is 0 Å². The van der Waals surface area contributed by atoms with E-state index in [9.17, 15) is 0 Å². The third kappa shape index (κ3) is 2.38. The highest BCUT2D eigenvalue weighted by molar-refractivity contribution is 5.31. The van der Waals surface area contributed by atoms with Crippen molar-refractivity contribution in [2.75, 3.05) is 24.2 Å². The van der Waals surface area contributed by atoms with Crippen LogP contribution in [0.5, 0.6) is 0 Å². The first-order valence-electron chi connectivity index (χ1n) is 5.35. The third-order valence-corrected chi connectivity index (χ3v) is 2.51. The molecule has 6 nitrogen and oxygen atoms in total. The Balaban J connectivity index is 1.87. The summed E-state index contributed by atoms with van der Waals surface area (Å²) in [6.07, 6.45) is 2.54. The highest BCUT2D eigenvalue weighted by Crippen LogP contribution is 2.12. The number of nitrogens with two attached hydrogens (primary N) is 1. The molecule has 0 spiro atoms. The molecule has 0 amide bonds. The number of nitrogens with one attached hydrogen (secondary N) is 1. The van der Waals surface area contributed by atoms with E-state index >= 15 is 0 Å². The van der Waals surface area contributed by atoms with Gasteiger partial charge in [-0.05, 0) is 19.8 Å². The normalized spacial score (nSPS) is 20.7. The minimum atomic E-state index is 0.291. The van der Waals surface area contributed by atoms with Gasteiger partial charge in [-0.15, -0.1) is 5.10 Å². The summed E-state index contributed by atoms with van der Waals surface area (Å²) >= 11 is 0. The Hall–Kier alpha value is -1.30. The van der Waals surface area contributed by atoms with Crippen molar-refractivity contribution < 1.29 is 4.74 Å². The van der Waals surface area contributed by atoms with E-state index in [1.807, 2.05) is 6.92 Å². The standard InChI is InChI=1S/C9H17N5O/c1-2-14-8(10)12-9(13-14)11-6-7-4-3-5-15-7/h7H,2-6H2,1H3,(H3,10,11,12,13). The monoisotopic (exact) mass is 211 g/mol. The van der Waals surface area contributed by atoms with Gasteiger partial charge in [-0.25, -0.2) is 4.68 Å². The Kier molecular flexibility index (Phi) is 3.05. The molecule has 1 saturated heterocycles. The zero-order valence-electron chi connectivity index (χ0n) is 8.94. The third-order valence-electron chi connectivity index (χ3n) is 2.51. The molecule has 1 aromatic heterocycles. The van der Waals surface area contributed by atoms with Gasteiger partial charge in [0.05, 0.1) is 6.10 Å². The highest BCUT2D eigenvalue weighted by Gasteiger charge is 2.15. The summed E-state index contributed by atoms with van der Waals surface area (Å²) in [5, 5.41) is 7.34. The zero-order valence-corrected chi connectivity index (χ0v) is 8.94. The van der Waals surface area contributed by atoms with E-state index in [1.54, 1.807) is 4.68 Å². The van der Waals surface area contributed by atoms with E-state index in [1.165, 1.54) is 0 Å². The molecule has 6 heteroatoms. The number of rotatable bonds is 4. The largest absolute Gasteiger partial charge is 0.376 e. The van der Waals surface area contributed by atoms with Crippen molar-refractivity contribution in [3.05, 3.63) is 0 Å². The molecule has 2 rings (SSSR count). The van der Waals surface area contributed by atoms with Gasteiger partial charge in [0.15, 0.2) is 0 Å². The molecule has 1 aromatic rings. The predicted molar refractivity (Wildman–Crippen MR) is 57.6 cm³/mol. The molecule has 1 aliphatic rings. The van der Waals surface area contributed by atoms with Crippen LogP contribution >= 0.6 is 0 Å². The van der Waals surface area contributed by atoms with Crippen LogP contribution in [0.3, 0.4) is 0 Å². The van der Waals surface area contributed by atoms with Crippen molar-refractivity contribution in [1.29, 1.82) is 0 Å². The van der Waals surface area contributed by atoms with Gasteiger partial charge in [-0.2, -0.15) is 4.98 Å².